The fourth-order valence-corrected chi connectivity index (χ4v) is 3.00. The van der Waals surface area contributed by atoms with Gasteiger partial charge in [-0.05, 0) is 24.3 Å². The number of rotatable bonds is 3. The van der Waals surface area contributed by atoms with E-state index in [0.29, 0.717) is 12.2 Å². The van der Waals surface area contributed by atoms with Gasteiger partial charge in [0.15, 0.2) is 0 Å². The molecule has 2 rings (SSSR count). The van der Waals surface area contributed by atoms with Crippen molar-refractivity contribution in [1.82, 2.24) is 5.32 Å². The molecule has 1 aromatic carbocycles. The van der Waals surface area contributed by atoms with Gasteiger partial charge < -0.3 is 15.7 Å². The van der Waals surface area contributed by atoms with E-state index in [1.807, 2.05) is 0 Å². The van der Waals surface area contributed by atoms with Crippen LogP contribution in [0, 0.1) is 5.82 Å². The van der Waals surface area contributed by atoms with Crippen molar-refractivity contribution < 1.29 is 14.3 Å². The van der Waals surface area contributed by atoms with Crippen LogP contribution in [-0.4, -0.2) is 34.8 Å². The molecule has 1 aromatic rings. The molecule has 0 saturated carbocycles. The third-order valence-electron chi connectivity index (χ3n) is 2.78. The smallest absolute Gasteiger partial charge is 0.319 e. The van der Waals surface area contributed by atoms with Crippen LogP contribution in [0.2, 0.25) is 0 Å². The Morgan fingerprint density at radius 1 is 1.50 bits per heavy atom. The predicted octanol–water partition coefficient (Wildman–Crippen LogP) is 1.82. The number of urea groups is 1. The molecule has 1 saturated heterocycles. The normalized spacial score (nSPS) is 22.8. The fraction of sp³-hybridized carbons (Fsp3) is 0.417. The van der Waals surface area contributed by atoms with Gasteiger partial charge in [0.05, 0.1) is 11.3 Å². The number of anilines is 1. The summed E-state index contributed by atoms with van der Waals surface area (Å²) < 4.78 is 13.3. The van der Waals surface area contributed by atoms with Gasteiger partial charge >= 0.3 is 6.03 Å². The Morgan fingerprint density at radius 3 is 2.94 bits per heavy atom. The molecule has 0 spiro atoms. The molecule has 0 radical (unpaired) electrons. The largest absolute Gasteiger partial charge is 0.387 e. The lowest BCUT2D eigenvalue weighted by molar-refractivity contribution is 0.0706. The summed E-state index contributed by atoms with van der Waals surface area (Å²) in [4.78, 5) is 11.6. The van der Waals surface area contributed by atoms with E-state index in [0.717, 1.165) is 5.75 Å². The molecular formula is C12H15FN2O2S. The van der Waals surface area contributed by atoms with Gasteiger partial charge in [-0.2, -0.15) is 11.8 Å². The molecule has 0 aliphatic carbocycles. The molecule has 0 bridgehead atoms. The van der Waals surface area contributed by atoms with Gasteiger partial charge in [-0.1, -0.05) is 12.1 Å². The molecule has 1 heterocycles. The van der Waals surface area contributed by atoms with E-state index in [4.69, 9.17) is 0 Å². The number of amides is 2. The highest BCUT2D eigenvalue weighted by Gasteiger charge is 2.31. The number of hydrogen-bond acceptors (Lipinski definition) is 3. The third-order valence-corrected chi connectivity index (χ3v) is 4.02. The first-order valence-corrected chi connectivity index (χ1v) is 6.84. The van der Waals surface area contributed by atoms with Crippen molar-refractivity contribution in [1.29, 1.82) is 0 Å². The number of thioether (sulfide) groups is 1. The maximum absolute atomic E-state index is 13.3. The molecule has 2 amide bonds. The van der Waals surface area contributed by atoms with Crippen LogP contribution in [0.3, 0.4) is 0 Å². The van der Waals surface area contributed by atoms with Crippen LogP contribution in [-0.2, 0) is 0 Å². The molecular weight excluding hydrogens is 255 g/mol. The summed E-state index contributed by atoms with van der Waals surface area (Å²) in [5.74, 6) is 1.03. The zero-order chi connectivity index (χ0) is 13.0. The van der Waals surface area contributed by atoms with Crippen molar-refractivity contribution in [3.63, 3.8) is 0 Å². The highest BCUT2D eigenvalue weighted by Crippen LogP contribution is 2.26. The summed E-state index contributed by atoms with van der Waals surface area (Å²) in [7, 11) is 0. The van der Waals surface area contributed by atoms with Crippen molar-refractivity contribution in [2.45, 2.75) is 12.0 Å². The number of halogens is 1. The minimum atomic E-state index is -0.836. The van der Waals surface area contributed by atoms with Gasteiger partial charge in [0.1, 0.15) is 5.82 Å². The highest BCUT2D eigenvalue weighted by atomic mass is 32.2. The summed E-state index contributed by atoms with van der Waals surface area (Å²) in [6, 6.07) is 5.44. The summed E-state index contributed by atoms with van der Waals surface area (Å²) in [5.41, 5.74) is -0.708. The van der Waals surface area contributed by atoms with E-state index in [1.54, 1.807) is 23.9 Å². The first-order valence-electron chi connectivity index (χ1n) is 5.69. The molecule has 4 nitrogen and oxygen atoms in total. The average molecular weight is 270 g/mol. The van der Waals surface area contributed by atoms with Crippen molar-refractivity contribution in [3.05, 3.63) is 30.1 Å². The minimum absolute atomic E-state index is 0.128. The van der Waals surface area contributed by atoms with Crippen LogP contribution in [0.5, 0.6) is 0 Å². The third kappa shape index (κ3) is 3.36. The zero-order valence-corrected chi connectivity index (χ0v) is 10.6. The summed E-state index contributed by atoms with van der Waals surface area (Å²) in [6.07, 6.45) is 0.664. The van der Waals surface area contributed by atoms with E-state index in [9.17, 15) is 14.3 Å². The van der Waals surface area contributed by atoms with Crippen LogP contribution >= 0.6 is 11.8 Å². The van der Waals surface area contributed by atoms with E-state index in [-0.39, 0.29) is 12.2 Å². The zero-order valence-electron chi connectivity index (χ0n) is 9.78. The first-order chi connectivity index (χ1) is 8.59. The lowest BCUT2D eigenvalue weighted by Crippen LogP contribution is -2.44. The Hall–Kier alpha value is -1.27. The number of carbonyl (C=O) groups excluding carboxylic acids is 1. The fourth-order valence-electron chi connectivity index (χ4n) is 1.71. The van der Waals surface area contributed by atoms with Crippen molar-refractivity contribution >= 4 is 23.5 Å². The second-order valence-electron chi connectivity index (χ2n) is 4.31. The quantitative estimate of drug-likeness (QED) is 0.785. The lowest BCUT2D eigenvalue weighted by atomic mass is 10.0. The number of benzene rings is 1. The monoisotopic (exact) mass is 270 g/mol. The number of hydrogen-bond donors (Lipinski definition) is 3. The average Bonchev–Trinajstić information content (AvgIpc) is 2.77. The van der Waals surface area contributed by atoms with Gasteiger partial charge in [0.2, 0.25) is 0 Å². The molecule has 0 aromatic heterocycles. The van der Waals surface area contributed by atoms with Gasteiger partial charge in [-0.25, -0.2) is 9.18 Å². The van der Waals surface area contributed by atoms with Gasteiger partial charge in [0.25, 0.3) is 0 Å². The molecule has 1 atom stereocenters. The molecule has 3 N–H and O–H groups in total. The molecule has 1 aliphatic heterocycles. The van der Waals surface area contributed by atoms with E-state index in [1.165, 1.54) is 12.1 Å². The van der Waals surface area contributed by atoms with Crippen molar-refractivity contribution in [2.24, 2.45) is 0 Å². The Labute approximate surface area is 109 Å². The predicted molar refractivity (Wildman–Crippen MR) is 70.3 cm³/mol. The molecule has 1 unspecified atom stereocenters. The first kappa shape index (κ1) is 13.2. The molecule has 1 aliphatic rings. The van der Waals surface area contributed by atoms with Gasteiger partial charge in [-0.3, -0.25) is 0 Å². The summed E-state index contributed by atoms with van der Waals surface area (Å²) in [6.45, 7) is 0.181. The molecule has 18 heavy (non-hydrogen) atoms. The SMILES string of the molecule is O=C(NCC1(O)CCSC1)Nc1ccccc1F. The van der Waals surface area contributed by atoms with Crippen LogP contribution in [0.1, 0.15) is 6.42 Å². The maximum atomic E-state index is 13.3. The Bertz CT molecular complexity index is 436. The topological polar surface area (TPSA) is 61.4 Å². The van der Waals surface area contributed by atoms with Gasteiger partial charge in [-0.15, -0.1) is 0 Å². The van der Waals surface area contributed by atoms with Crippen LogP contribution in [0.4, 0.5) is 14.9 Å². The highest BCUT2D eigenvalue weighted by molar-refractivity contribution is 7.99. The van der Waals surface area contributed by atoms with Crippen LogP contribution < -0.4 is 10.6 Å². The van der Waals surface area contributed by atoms with Gasteiger partial charge in [0, 0.05) is 12.3 Å². The molecule has 1 fully saturated rings. The number of para-hydroxylation sites is 1. The summed E-state index contributed by atoms with van der Waals surface area (Å²) in [5, 5.41) is 15.0. The molecule has 98 valence electrons. The maximum Gasteiger partial charge on any atom is 0.319 e. The van der Waals surface area contributed by atoms with E-state index in [2.05, 4.69) is 10.6 Å². The van der Waals surface area contributed by atoms with Crippen LogP contribution in [0.15, 0.2) is 24.3 Å². The second-order valence-corrected chi connectivity index (χ2v) is 5.42. The number of nitrogens with one attached hydrogen (secondary N) is 2. The Balaban J connectivity index is 1.84. The second kappa shape index (κ2) is 5.58. The number of carbonyl (C=O) groups is 1. The standard InChI is InChI=1S/C12H15FN2O2S/c13-9-3-1-2-4-10(9)15-11(16)14-7-12(17)5-6-18-8-12/h1-4,17H,5-8H2,(H2,14,15,16). The van der Waals surface area contributed by atoms with E-state index < -0.39 is 17.4 Å². The number of aliphatic hydroxyl groups is 1. The Kier molecular flexibility index (Phi) is 4.08. The van der Waals surface area contributed by atoms with Crippen molar-refractivity contribution in [3.8, 4) is 0 Å². The minimum Gasteiger partial charge on any atom is -0.387 e. The molecule has 6 heteroatoms. The summed E-state index contributed by atoms with van der Waals surface area (Å²) >= 11 is 1.66. The van der Waals surface area contributed by atoms with Crippen molar-refractivity contribution in [2.75, 3.05) is 23.4 Å². The Morgan fingerprint density at radius 2 is 2.28 bits per heavy atom. The lowest BCUT2D eigenvalue weighted by Gasteiger charge is -2.21. The van der Waals surface area contributed by atoms with Crippen LogP contribution in [0.25, 0.3) is 0 Å². The van der Waals surface area contributed by atoms with E-state index >= 15 is 0 Å².